The fourth-order valence-corrected chi connectivity index (χ4v) is 1.51. The van der Waals surface area contributed by atoms with Crippen molar-refractivity contribution < 1.29 is 14.3 Å². The van der Waals surface area contributed by atoms with Crippen molar-refractivity contribution in [3.63, 3.8) is 0 Å². The van der Waals surface area contributed by atoms with Crippen LogP contribution >= 0.6 is 0 Å². The lowest BCUT2D eigenvalue weighted by molar-refractivity contribution is 0.0594. The number of aromatic nitrogens is 1. The molecular formula is C14H22N2O3. The molecule has 0 atom stereocenters. The summed E-state index contributed by atoms with van der Waals surface area (Å²) in [6.07, 6.45) is 4.79. The van der Waals surface area contributed by atoms with E-state index in [1.165, 1.54) is 7.11 Å². The molecule has 0 fully saturated rings. The zero-order valence-electron chi connectivity index (χ0n) is 11.6. The Labute approximate surface area is 114 Å². The quantitative estimate of drug-likeness (QED) is 0.549. The summed E-state index contributed by atoms with van der Waals surface area (Å²) in [5, 5.41) is 3.23. The Kier molecular flexibility index (Phi) is 7.58. The van der Waals surface area contributed by atoms with E-state index in [1.54, 1.807) is 12.3 Å². The van der Waals surface area contributed by atoms with Gasteiger partial charge in [0.1, 0.15) is 5.69 Å². The maximum absolute atomic E-state index is 11.3. The smallest absolute Gasteiger partial charge is 0.356 e. The molecule has 106 valence electrons. The normalized spacial score (nSPS) is 10.2. The van der Waals surface area contributed by atoms with Gasteiger partial charge >= 0.3 is 5.97 Å². The van der Waals surface area contributed by atoms with Crippen LogP contribution in [0.2, 0.25) is 0 Å². The highest BCUT2D eigenvalue weighted by Crippen LogP contribution is 2.08. The highest BCUT2D eigenvalue weighted by molar-refractivity contribution is 5.88. The van der Waals surface area contributed by atoms with Gasteiger partial charge in [-0.3, -0.25) is 0 Å². The van der Waals surface area contributed by atoms with Crippen LogP contribution in [-0.4, -0.2) is 37.8 Å². The first-order valence-corrected chi connectivity index (χ1v) is 6.64. The second kappa shape index (κ2) is 9.33. The van der Waals surface area contributed by atoms with Gasteiger partial charge in [0.15, 0.2) is 0 Å². The van der Waals surface area contributed by atoms with Gasteiger partial charge < -0.3 is 14.8 Å². The van der Waals surface area contributed by atoms with Crippen LogP contribution < -0.4 is 5.32 Å². The van der Waals surface area contributed by atoms with E-state index in [4.69, 9.17) is 4.74 Å². The second-order valence-corrected chi connectivity index (χ2v) is 4.17. The zero-order valence-corrected chi connectivity index (χ0v) is 11.6. The average molecular weight is 266 g/mol. The molecule has 0 saturated heterocycles. The molecule has 0 saturated carbocycles. The van der Waals surface area contributed by atoms with Crippen molar-refractivity contribution in [2.75, 3.05) is 32.2 Å². The Balaban J connectivity index is 2.24. The first kappa shape index (κ1) is 15.4. The van der Waals surface area contributed by atoms with Gasteiger partial charge in [-0.05, 0) is 25.0 Å². The number of rotatable bonds is 9. The molecule has 0 radical (unpaired) electrons. The maximum Gasteiger partial charge on any atom is 0.356 e. The molecule has 5 nitrogen and oxygen atoms in total. The molecule has 0 aliphatic heterocycles. The molecule has 0 spiro atoms. The monoisotopic (exact) mass is 266 g/mol. The molecule has 1 aromatic heterocycles. The van der Waals surface area contributed by atoms with Crippen LogP contribution in [0.15, 0.2) is 18.3 Å². The van der Waals surface area contributed by atoms with Crippen molar-refractivity contribution in [2.24, 2.45) is 0 Å². The van der Waals surface area contributed by atoms with Gasteiger partial charge in [-0.1, -0.05) is 13.3 Å². The van der Waals surface area contributed by atoms with E-state index in [-0.39, 0.29) is 0 Å². The van der Waals surface area contributed by atoms with E-state index < -0.39 is 5.97 Å². The lowest BCUT2D eigenvalue weighted by Crippen LogP contribution is -2.08. The summed E-state index contributed by atoms with van der Waals surface area (Å²) in [4.78, 5) is 15.3. The molecule has 0 amide bonds. The van der Waals surface area contributed by atoms with Gasteiger partial charge in [0, 0.05) is 31.6 Å². The Morgan fingerprint density at radius 3 is 2.89 bits per heavy atom. The molecule has 0 bridgehead atoms. The predicted octanol–water partition coefficient (Wildman–Crippen LogP) is 2.49. The molecule has 0 unspecified atom stereocenters. The van der Waals surface area contributed by atoms with Gasteiger partial charge in [-0.25, -0.2) is 9.78 Å². The van der Waals surface area contributed by atoms with Crippen LogP contribution in [0.1, 0.15) is 36.7 Å². The summed E-state index contributed by atoms with van der Waals surface area (Å²) in [6, 6.07) is 3.51. The number of methoxy groups -OCH3 is 1. The van der Waals surface area contributed by atoms with Gasteiger partial charge in [0.2, 0.25) is 0 Å². The van der Waals surface area contributed by atoms with E-state index in [2.05, 4.69) is 22.0 Å². The molecule has 19 heavy (non-hydrogen) atoms. The molecule has 0 aliphatic rings. The average Bonchev–Trinajstić information content (AvgIpc) is 2.46. The molecular weight excluding hydrogens is 244 g/mol. The van der Waals surface area contributed by atoms with Gasteiger partial charge in [0.05, 0.1) is 7.11 Å². The molecule has 1 N–H and O–H groups in total. The highest BCUT2D eigenvalue weighted by atomic mass is 16.5. The fourth-order valence-electron chi connectivity index (χ4n) is 1.51. The lowest BCUT2D eigenvalue weighted by atomic mass is 10.3. The van der Waals surface area contributed by atoms with Crippen LogP contribution in [0.25, 0.3) is 0 Å². The van der Waals surface area contributed by atoms with Crippen molar-refractivity contribution in [3.05, 3.63) is 24.0 Å². The summed E-state index contributed by atoms with van der Waals surface area (Å²) in [7, 11) is 1.34. The Morgan fingerprint density at radius 1 is 1.37 bits per heavy atom. The summed E-state index contributed by atoms with van der Waals surface area (Å²) in [5.41, 5.74) is 1.18. The van der Waals surface area contributed by atoms with E-state index in [1.807, 2.05) is 6.07 Å². The van der Waals surface area contributed by atoms with Crippen molar-refractivity contribution in [3.8, 4) is 0 Å². The minimum absolute atomic E-state index is 0.312. The molecule has 1 rings (SSSR count). The van der Waals surface area contributed by atoms with E-state index in [9.17, 15) is 4.79 Å². The minimum Gasteiger partial charge on any atom is -0.464 e. The van der Waals surface area contributed by atoms with E-state index in [0.717, 1.165) is 44.7 Å². The molecule has 1 heterocycles. The van der Waals surface area contributed by atoms with Crippen molar-refractivity contribution >= 4 is 11.7 Å². The third kappa shape index (κ3) is 6.20. The lowest BCUT2D eigenvalue weighted by Gasteiger charge is -2.07. The van der Waals surface area contributed by atoms with Crippen LogP contribution in [0.4, 0.5) is 5.69 Å². The van der Waals surface area contributed by atoms with Crippen molar-refractivity contribution in [2.45, 2.75) is 26.2 Å². The number of ether oxygens (including phenoxy) is 2. The standard InChI is InChI=1S/C14H22N2O3/c1-3-4-9-19-10-5-7-15-12-6-8-16-13(11-12)14(17)18-2/h6,8,11H,3-5,7,9-10H2,1-2H3,(H,15,16). The number of carbonyl (C=O) groups excluding carboxylic acids is 1. The number of pyridine rings is 1. The maximum atomic E-state index is 11.3. The summed E-state index contributed by atoms with van der Waals surface area (Å²) < 4.78 is 10.1. The van der Waals surface area contributed by atoms with Crippen molar-refractivity contribution in [1.82, 2.24) is 4.98 Å². The van der Waals surface area contributed by atoms with Crippen LogP contribution in [0.5, 0.6) is 0 Å². The molecule has 1 aromatic rings. The third-order valence-corrected chi connectivity index (χ3v) is 2.59. The van der Waals surface area contributed by atoms with E-state index in [0.29, 0.717) is 5.69 Å². The summed E-state index contributed by atoms with van der Waals surface area (Å²) in [6.45, 7) is 4.53. The first-order chi connectivity index (χ1) is 9.27. The topological polar surface area (TPSA) is 60.5 Å². The number of hydrogen-bond acceptors (Lipinski definition) is 5. The largest absolute Gasteiger partial charge is 0.464 e. The Hall–Kier alpha value is -1.62. The number of carbonyl (C=O) groups is 1. The highest BCUT2D eigenvalue weighted by Gasteiger charge is 2.06. The van der Waals surface area contributed by atoms with Gasteiger partial charge in [-0.15, -0.1) is 0 Å². The first-order valence-electron chi connectivity index (χ1n) is 6.64. The SMILES string of the molecule is CCCCOCCCNc1ccnc(C(=O)OC)c1. The Morgan fingerprint density at radius 2 is 2.16 bits per heavy atom. The van der Waals surface area contributed by atoms with Crippen LogP contribution in [0.3, 0.4) is 0 Å². The van der Waals surface area contributed by atoms with Gasteiger partial charge in [-0.2, -0.15) is 0 Å². The minimum atomic E-state index is -0.424. The number of hydrogen-bond donors (Lipinski definition) is 1. The molecule has 0 aromatic carbocycles. The fraction of sp³-hybridized carbons (Fsp3) is 0.571. The summed E-state index contributed by atoms with van der Waals surface area (Å²) >= 11 is 0. The van der Waals surface area contributed by atoms with Gasteiger partial charge in [0.25, 0.3) is 0 Å². The predicted molar refractivity (Wildman–Crippen MR) is 74.4 cm³/mol. The zero-order chi connectivity index (χ0) is 13.9. The molecule has 5 heteroatoms. The number of anilines is 1. The number of esters is 1. The number of nitrogens with one attached hydrogen (secondary N) is 1. The number of nitrogens with zero attached hydrogens (tertiary/aromatic N) is 1. The van der Waals surface area contributed by atoms with Crippen molar-refractivity contribution in [1.29, 1.82) is 0 Å². The summed E-state index contributed by atoms with van der Waals surface area (Å²) in [5.74, 6) is -0.424. The third-order valence-electron chi connectivity index (χ3n) is 2.59. The number of unbranched alkanes of at least 4 members (excludes halogenated alkanes) is 1. The van der Waals surface area contributed by atoms with Crippen LogP contribution in [0, 0.1) is 0 Å². The van der Waals surface area contributed by atoms with Crippen LogP contribution in [-0.2, 0) is 9.47 Å². The van der Waals surface area contributed by atoms with E-state index >= 15 is 0 Å². The second-order valence-electron chi connectivity index (χ2n) is 4.17. The Bertz CT molecular complexity index is 383. The molecule has 0 aliphatic carbocycles.